The van der Waals surface area contributed by atoms with Gasteiger partial charge in [0.05, 0.1) is 24.6 Å². The minimum atomic E-state index is -4.73. The van der Waals surface area contributed by atoms with Gasteiger partial charge in [0.25, 0.3) is 7.82 Å². The van der Waals surface area contributed by atoms with Crippen LogP contribution in [-0.2, 0) is 13.8 Å². The van der Waals surface area contributed by atoms with E-state index in [0.29, 0.717) is 24.2 Å². The highest BCUT2D eigenvalue weighted by Gasteiger charge is 2.30. The van der Waals surface area contributed by atoms with Gasteiger partial charge in [-0.1, -0.05) is 0 Å². The number of anilines is 1. The van der Waals surface area contributed by atoms with Gasteiger partial charge in [-0.2, -0.15) is 5.10 Å². The Labute approximate surface area is 119 Å². The third-order valence-corrected chi connectivity index (χ3v) is 3.69. The lowest BCUT2D eigenvalue weighted by Crippen LogP contribution is -2.17. The van der Waals surface area contributed by atoms with Crippen LogP contribution in [0.5, 0.6) is 0 Å². The number of ether oxygens (including phenoxy) is 1. The second-order valence-corrected chi connectivity index (χ2v) is 5.85. The SMILES string of the molecule is Nc1ncnn2c([C@H]3CC[C@@H](COP(=O)([O-])O)O3)cnc12. The summed E-state index contributed by atoms with van der Waals surface area (Å²) >= 11 is 0. The third kappa shape index (κ3) is 3.04. The summed E-state index contributed by atoms with van der Waals surface area (Å²) in [4.78, 5) is 27.1. The third-order valence-electron chi connectivity index (χ3n) is 3.22. The molecule has 1 unspecified atom stereocenters. The molecular weight excluding hydrogens is 301 g/mol. The Morgan fingerprint density at radius 2 is 2.38 bits per heavy atom. The van der Waals surface area contributed by atoms with Gasteiger partial charge in [-0.3, -0.25) is 4.57 Å². The average Bonchev–Trinajstić information content (AvgIpc) is 3.02. The molecule has 2 aromatic rings. The normalized spacial score (nSPS) is 25.2. The van der Waals surface area contributed by atoms with E-state index in [-0.39, 0.29) is 18.5 Å². The molecular formula is C10H13N5O5P-. The molecule has 0 saturated carbocycles. The van der Waals surface area contributed by atoms with Gasteiger partial charge in [0.2, 0.25) is 0 Å². The minimum Gasteiger partial charge on any atom is -0.756 e. The predicted octanol–water partition coefficient (Wildman–Crippen LogP) is -0.596. The summed E-state index contributed by atoms with van der Waals surface area (Å²) in [6, 6.07) is 0. The molecule has 0 aromatic carbocycles. The van der Waals surface area contributed by atoms with Gasteiger partial charge >= 0.3 is 0 Å². The highest BCUT2D eigenvalue weighted by Crippen LogP contribution is 2.36. The second-order valence-electron chi connectivity index (χ2n) is 4.65. The fourth-order valence-corrected chi connectivity index (χ4v) is 2.65. The van der Waals surface area contributed by atoms with Crippen molar-refractivity contribution in [3.05, 3.63) is 18.2 Å². The zero-order valence-corrected chi connectivity index (χ0v) is 11.7. The van der Waals surface area contributed by atoms with Crippen molar-refractivity contribution < 1.29 is 23.6 Å². The number of nitrogens with two attached hydrogens (primary N) is 1. The summed E-state index contributed by atoms with van der Waals surface area (Å²) in [5, 5.41) is 4.07. The Hall–Kier alpha value is -1.58. The number of nitrogens with zero attached hydrogens (tertiary/aromatic N) is 4. The topological polar surface area (TPSA) is 148 Å². The standard InChI is InChI=1S/C10H14N5O5P/c11-9-10-12-3-7(15(10)14-5-13-9)8-2-1-6(20-8)4-19-21(16,17)18/h3,5-6,8H,1-2,4H2,(H2,11,13,14)(H2,16,17,18)/p-1/t6-,8+/m0/s1. The number of hydrogen-bond acceptors (Lipinski definition) is 8. The van der Waals surface area contributed by atoms with Crippen LogP contribution in [0.4, 0.5) is 5.82 Å². The van der Waals surface area contributed by atoms with Crippen molar-refractivity contribution in [2.24, 2.45) is 0 Å². The van der Waals surface area contributed by atoms with E-state index < -0.39 is 13.9 Å². The van der Waals surface area contributed by atoms with Crippen LogP contribution < -0.4 is 10.6 Å². The van der Waals surface area contributed by atoms with Crippen molar-refractivity contribution in [3.63, 3.8) is 0 Å². The van der Waals surface area contributed by atoms with Crippen molar-refractivity contribution >= 4 is 19.3 Å². The predicted molar refractivity (Wildman–Crippen MR) is 67.8 cm³/mol. The number of nitrogen functional groups attached to an aromatic ring is 1. The first-order chi connectivity index (χ1) is 9.94. The van der Waals surface area contributed by atoms with Crippen molar-refractivity contribution in [2.45, 2.75) is 25.0 Å². The maximum Gasteiger partial charge on any atom is 0.265 e. The van der Waals surface area contributed by atoms with Gasteiger partial charge in [0.15, 0.2) is 11.5 Å². The molecule has 0 aliphatic carbocycles. The maximum absolute atomic E-state index is 10.6. The van der Waals surface area contributed by atoms with Crippen molar-refractivity contribution in [1.82, 2.24) is 19.6 Å². The Bertz CT molecular complexity index is 700. The van der Waals surface area contributed by atoms with Crippen molar-refractivity contribution in [2.75, 3.05) is 12.3 Å². The van der Waals surface area contributed by atoms with Gasteiger partial charge in [-0.25, -0.2) is 14.5 Å². The molecule has 1 aliphatic heterocycles. The van der Waals surface area contributed by atoms with E-state index in [9.17, 15) is 9.46 Å². The molecule has 0 spiro atoms. The number of hydrogen-bond donors (Lipinski definition) is 2. The zero-order valence-electron chi connectivity index (χ0n) is 10.8. The molecule has 3 heterocycles. The molecule has 3 atom stereocenters. The zero-order chi connectivity index (χ0) is 15.0. The monoisotopic (exact) mass is 314 g/mol. The molecule has 21 heavy (non-hydrogen) atoms. The molecule has 11 heteroatoms. The fraction of sp³-hybridized carbons (Fsp3) is 0.500. The molecule has 2 aromatic heterocycles. The lowest BCUT2D eigenvalue weighted by atomic mass is 10.1. The summed E-state index contributed by atoms with van der Waals surface area (Å²) in [7, 11) is -4.73. The van der Waals surface area contributed by atoms with E-state index in [1.807, 2.05) is 0 Å². The smallest absolute Gasteiger partial charge is 0.265 e. The highest BCUT2D eigenvalue weighted by atomic mass is 31.2. The van der Waals surface area contributed by atoms with Crippen molar-refractivity contribution in [3.8, 4) is 0 Å². The molecule has 3 rings (SSSR count). The fourth-order valence-electron chi connectivity index (χ4n) is 2.30. The largest absolute Gasteiger partial charge is 0.756 e. The summed E-state index contributed by atoms with van der Waals surface area (Å²) in [6.07, 6.45) is 3.45. The quantitative estimate of drug-likeness (QED) is 0.706. The summed E-state index contributed by atoms with van der Waals surface area (Å²) < 4.78 is 22.2. The van der Waals surface area contributed by atoms with E-state index in [2.05, 4.69) is 19.6 Å². The Kier molecular flexibility index (Phi) is 3.64. The van der Waals surface area contributed by atoms with Crippen LogP contribution in [0.3, 0.4) is 0 Å². The van der Waals surface area contributed by atoms with Gasteiger partial charge in [-0.05, 0) is 12.8 Å². The molecule has 114 valence electrons. The summed E-state index contributed by atoms with van der Waals surface area (Å²) in [5.41, 5.74) is 6.85. The molecule has 10 nitrogen and oxygen atoms in total. The van der Waals surface area contributed by atoms with Crippen LogP contribution in [0.15, 0.2) is 12.5 Å². The summed E-state index contributed by atoms with van der Waals surface area (Å²) in [6.45, 7) is -0.221. The van der Waals surface area contributed by atoms with E-state index >= 15 is 0 Å². The molecule has 0 radical (unpaired) electrons. The number of imidazole rings is 1. The molecule has 0 amide bonds. The molecule has 0 bridgehead atoms. The second kappa shape index (κ2) is 5.32. The number of phosphoric ester groups is 1. The van der Waals surface area contributed by atoms with E-state index in [4.69, 9.17) is 15.4 Å². The number of aromatic nitrogens is 4. The first kappa shape index (κ1) is 14.4. The van der Waals surface area contributed by atoms with Crippen molar-refractivity contribution in [1.29, 1.82) is 0 Å². The van der Waals surface area contributed by atoms with Crippen LogP contribution in [0.25, 0.3) is 5.65 Å². The molecule has 1 aliphatic rings. The lowest BCUT2D eigenvalue weighted by Gasteiger charge is -2.18. The first-order valence-corrected chi connectivity index (χ1v) is 7.71. The molecule has 3 N–H and O–H groups in total. The minimum absolute atomic E-state index is 0.221. The average molecular weight is 314 g/mol. The number of fused-ring (bicyclic) bond motifs is 1. The van der Waals surface area contributed by atoms with Crippen LogP contribution in [0.1, 0.15) is 24.6 Å². The van der Waals surface area contributed by atoms with Gasteiger partial charge < -0.3 is 24.8 Å². The van der Waals surface area contributed by atoms with Gasteiger partial charge in [-0.15, -0.1) is 0 Å². The maximum atomic E-state index is 10.6. The van der Waals surface area contributed by atoms with Crippen LogP contribution in [0, 0.1) is 0 Å². The lowest BCUT2D eigenvalue weighted by molar-refractivity contribution is -0.222. The number of rotatable bonds is 4. The number of phosphoric acid groups is 1. The Morgan fingerprint density at radius 3 is 3.14 bits per heavy atom. The van der Waals surface area contributed by atoms with E-state index in [1.165, 1.54) is 6.33 Å². The highest BCUT2D eigenvalue weighted by molar-refractivity contribution is 7.44. The molecule has 1 fully saturated rings. The van der Waals surface area contributed by atoms with Gasteiger partial charge in [0, 0.05) is 0 Å². The van der Waals surface area contributed by atoms with E-state index in [0.717, 1.165) is 0 Å². The van der Waals surface area contributed by atoms with Crippen LogP contribution >= 0.6 is 7.82 Å². The Balaban J connectivity index is 1.73. The first-order valence-electron chi connectivity index (χ1n) is 6.22. The molecule has 1 saturated heterocycles. The van der Waals surface area contributed by atoms with Crippen LogP contribution in [0.2, 0.25) is 0 Å². The van der Waals surface area contributed by atoms with E-state index in [1.54, 1.807) is 10.7 Å². The van der Waals surface area contributed by atoms with Gasteiger partial charge in [0.1, 0.15) is 12.4 Å². The Morgan fingerprint density at radius 1 is 1.57 bits per heavy atom. The summed E-state index contributed by atoms with van der Waals surface area (Å²) in [5.74, 6) is 0.265. The van der Waals surface area contributed by atoms with Crippen LogP contribution in [-0.4, -0.2) is 37.2 Å².